The van der Waals surface area contributed by atoms with Crippen molar-refractivity contribution in [1.29, 1.82) is 0 Å². The van der Waals surface area contributed by atoms with Gasteiger partial charge in [0.2, 0.25) is 5.91 Å². The molecule has 3 aliphatic rings. The summed E-state index contributed by atoms with van der Waals surface area (Å²) in [5.74, 6) is -0.0190. The predicted octanol–water partition coefficient (Wildman–Crippen LogP) is 5.97. The van der Waals surface area contributed by atoms with E-state index >= 15 is 0 Å². The first-order chi connectivity index (χ1) is 19.5. The van der Waals surface area contributed by atoms with E-state index in [2.05, 4.69) is 51.5 Å². The molecular formula is C34H40N4O2. The molecule has 2 amide bonds. The lowest BCUT2D eigenvalue weighted by Crippen LogP contribution is -2.42. The zero-order valence-corrected chi connectivity index (χ0v) is 23.6. The third kappa shape index (κ3) is 5.84. The van der Waals surface area contributed by atoms with Crippen molar-refractivity contribution >= 4 is 23.2 Å². The van der Waals surface area contributed by atoms with Gasteiger partial charge in [-0.25, -0.2) is 0 Å². The monoisotopic (exact) mass is 536 g/mol. The van der Waals surface area contributed by atoms with Crippen LogP contribution in [0.3, 0.4) is 0 Å². The Labute approximate surface area is 238 Å². The van der Waals surface area contributed by atoms with Gasteiger partial charge in [-0.3, -0.25) is 14.5 Å². The van der Waals surface area contributed by atoms with Gasteiger partial charge in [0.25, 0.3) is 5.91 Å². The third-order valence-electron chi connectivity index (χ3n) is 8.93. The highest BCUT2D eigenvalue weighted by Crippen LogP contribution is 2.32. The molecule has 2 saturated heterocycles. The molecule has 3 heterocycles. The van der Waals surface area contributed by atoms with Gasteiger partial charge >= 0.3 is 0 Å². The van der Waals surface area contributed by atoms with Crippen molar-refractivity contribution in [3.05, 3.63) is 83.4 Å². The number of nitrogens with zero attached hydrogens (tertiary/aromatic N) is 3. The van der Waals surface area contributed by atoms with E-state index in [1.807, 2.05) is 30.3 Å². The molecule has 6 heteroatoms. The normalized spacial score (nSPS) is 20.0. The molecular weight excluding hydrogens is 496 g/mol. The van der Waals surface area contributed by atoms with Crippen LogP contribution in [0.4, 0.5) is 11.4 Å². The summed E-state index contributed by atoms with van der Waals surface area (Å²) < 4.78 is 0. The number of anilines is 2. The first-order valence-electron chi connectivity index (χ1n) is 14.9. The number of fused-ring (bicyclic) bond motifs is 1. The fourth-order valence-electron chi connectivity index (χ4n) is 6.65. The molecule has 0 radical (unpaired) electrons. The third-order valence-corrected chi connectivity index (χ3v) is 8.93. The smallest absolute Gasteiger partial charge is 0.255 e. The van der Waals surface area contributed by atoms with Crippen LogP contribution < -0.4 is 10.2 Å². The number of piperidine rings is 1. The first kappa shape index (κ1) is 26.7. The van der Waals surface area contributed by atoms with Crippen molar-refractivity contribution in [2.75, 3.05) is 43.4 Å². The van der Waals surface area contributed by atoms with Gasteiger partial charge in [-0.05, 0) is 98.3 Å². The summed E-state index contributed by atoms with van der Waals surface area (Å²) in [5.41, 5.74) is 6.94. The molecule has 0 saturated carbocycles. The van der Waals surface area contributed by atoms with Crippen LogP contribution in [0.1, 0.15) is 60.0 Å². The van der Waals surface area contributed by atoms with E-state index in [-0.39, 0.29) is 11.8 Å². The molecule has 2 fully saturated rings. The molecule has 1 atom stereocenters. The summed E-state index contributed by atoms with van der Waals surface area (Å²) in [6.07, 6.45) is 7.74. The molecule has 208 valence electrons. The molecule has 3 aromatic carbocycles. The van der Waals surface area contributed by atoms with Gasteiger partial charge in [-0.1, -0.05) is 48.9 Å². The van der Waals surface area contributed by atoms with Crippen LogP contribution >= 0.6 is 0 Å². The number of hydrogen-bond donors (Lipinski definition) is 1. The lowest BCUT2D eigenvalue weighted by molar-refractivity contribution is -0.118. The number of benzene rings is 3. The van der Waals surface area contributed by atoms with Crippen LogP contribution in [-0.2, 0) is 17.8 Å². The second kappa shape index (κ2) is 11.9. The first-order valence-corrected chi connectivity index (χ1v) is 14.9. The quantitative estimate of drug-likeness (QED) is 0.405. The van der Waals surface area contributed by atoms with Crippen molar-refractivity contribution in [1.82, 2.24) is 9.80 Å². The van der Waals surface area contributed by atoms with Crippen LogP contribution in [-0.4, -0.2) is 60.9 Å². The Morgan fingerprint density at radius 2 is 1.73 bits per heavy atom. The number of rotatable bonds is 7. The second-order valence-electron chi connectivity index (χ2n) is 11.6. The maximum atomic E-state index is 13.5. The average Bonchev–Trinajstić information content (AvgIpc) is 3.42. The molecule has 0 aromatic heterocycles. The van der Waals surface area contributed by atoms with Crippen LogP contribution in [0, 0.1) is 0 Å². The zero-order chi connectivity index (χ0) is 27.5. The summed E-state index contributed by atoms with van der Waals surface area (Å²) >= 11 is 0. The van der Waals surface area contributed by atoms with Crippen LogP contribution in [0.2, 0.25) is 0 Å². The SMILES string of the molecule is CN1C(=O)CCc2ccc(NC(=O)c3ccc(-c4ccccc4)c(CN4CCCC4CN4CCCCC4)c3)cc21. The van der Waals surface area contributed by atoms with Crippen molar-refractivity contribution < 1.29 is 9.59 Å². The minimum Gasteiger partial charge on any atom is -0.322 e. The fraction of sp³-hybridized carbons (Fsp3) is 0.412. The van der Waals surface area contributed by atoms with E-state index in [0.717, 1.165) is 37.3 Å². The molecule has 3 aromatic rings. The minimum absolute atomic E-state index is 0.109. The molecule has 0 aliphatic carbocycles. The molecule has 1 N–H and O–H groups in total. The number of amides is 2. The molecule has 0 spiro atoms. The van der Waals surface area contributed by atoms with E-state index in [4.69, 9.17) is 0 Å². The molecule has 3 aliphatic heterocycles. The standard InChI is InChI=1S/C34H40N4O2/c1-36-32-22-29(15-12-26(32)14-17-33(36)39)35-34(40)27-13-16-31(25-9-4-2-5-10-25)28(21-27)23-38-20-8-11-30(38)24-37-18-6-3-7-19-37/h2,4-5,9-10,12-13,15-16,21-22,30H,3,6-8,11,14,17-20,23-24H2,1H3,(H,35,40). The van der Waals surface area contributed by atoms with Crippen LogP contribution in [0.5, 0.6) is 0 Å². The molecule has 0 bridgehead atoms. The minimum atomic E-state index is -0.128. The fourth-order valence-corrected chi connectivity index (χ4v) is 6.65. The van der Waals surface area contributed by atoms with E-state index in [9.17, 15) is 9.59 Å². The Morgan fingerprint density at radius 3 is 2.55 bits per heavy atom. The van der Waals surface area contributed by atoms with Gasteiger partial charge in [0, 0.05) is 49.5 Å². The highest BCUT2D eigenvalue weighted by molar-refractivity contribution is 6.05. The number of hydrogen-bond acceptors (Lipinski definition) is 4. The predicted molar refractivity (Wildman–Crippen MR) is 162 cm³/mol. The molecule has 6 nitrogen and oxygen atoms in total. The van der Waals surface area contributed by atoms with Crippen LogP contribution in [0.15, 0.2) is 66.7 Å². The van der Waals surface area contributed by atoms with Gasteiger partial charge in [0.1, 0.15) is 0 Å². The number of carbonyl (C=O) groups is 2. The Balaban J connectivity index is 1.24. The summed E-state index contributed by atoms with van der Waals surface area (Å²) in [6, 6.07) is 23.1. The molecule has 6 rings (SSSR count). The Bertz CT molecular complexity index is 1370. The average molecular weight is 537 g/mol. The van der Waals surface area contributed by atoms with E-state index in [0.29, 0.717) is 23.7 Å². The Hall–Kier alpha value is -3.48. The Kier molecular flexibility index (Phi) is 7.98. The van der Waals surface area contributed by atoms with Crippen molar-refractivity contribution in [2.45, 2.75) is 57.5 Å². The summed E-state index contributed by atoms with van der Waals surface area (Å²) in [6.45, 7) is 5.54. The summed E-state index contributed by atoms with van der Waals surface area (Å²) in [4.78, 5) is 32.7. The molecule has 1 unspecified atom stereocenters. The number of carbonyl (C=O) groups excluding carboxylic acids is 2. The lowest BCUT2D eigenvalue weighted by Gasteiger charge is -2.33. The lowest BCUT2D eigenvalue weighted by atomic mass is 9.96. The zero-order valence-electron chi connectivity index (χ0n) is 23.6. The number of aryl methyl sites for hydroxylation is 1. The topological polar surface area (TPSA) is 55.9 Å². The maximum Gasteiger partial charge on any atom is 0.255 e. The molecule has 40 heavy (non-hydrogen) atoms. The van der Waals surface area contributed by atoms with Crippen LogP contribution in [0.25, 0.3) is 11.1 Å². The van der Waals surface area contributed by atoms with Crippen molar-refractivity contribution in [2.24, 2.45) is 0 Å². The number of likely N-dealkylation sites (tertiary alicyclic amines) is 2. The second-order valence-corrected chi connectivity index (χ2v) is 11.6. The van der Waals surface area contributed by atoms with Gasteiger partial charge < -0.3 is 15.1 Å². The Morgan fingerprint density at radius 1 is 0.900 bits per heavy atom. The van der Waals surface area contributed by atoms with Crippen molar-refractivity contribution in [3.8, 4) is 11.1 Å². The van der Waals surface area contributed by atoms with E-state index in [1.54, 1.807) is 11.9 Å². The summed E-state index contributed by atoms with van der Waals surface area (Å²) in [7, 11) is 1.80. The van der Waals surface area contributed by atoms with Gasteiger partial charge in [-0.15, -0.1) is 0 Å². The highest BCUT2D eigenvalue weighted by Gasteiger charge is 2.28. The van der Waals surface area contributed by atoms with E-state index < -0.39 is 0 Å². The maximum absolute atomic E-state index is 13.5. The summed E-state index contributed by atoms with van der Waals surface area (Å²) in [5, 5.41) is 3.09. The highest BCUT2D eigenvalue weighted by atomic mass is 16.2. The van der Waals surface area contributed by atoms with Crippen molar-refractivity contribution in [3.63, 3.8) is 0 Å². The van der Waals surface area contributed by atoms with Gasteiger partial charge in [-0.2, -0.15) is 0 Å². The largest absolute Gasteiger partial charge is 0.322 e. The van der Waals surface area contributed by atoms with Gasteiger partial charge in [0.05, 0.1) is 0 Å². The van der Waals surface area contributed by atoms with E-state index in [1.165, 1.54) is 61.9 Å². The number of nitrogens with one attached hydrogen (secondary N) is 1. The van der Waals surface area contributed by atoms with Gasteiger partial charge in [0.15, 0.2) is 0 Å².